The van der Waals surface area contributed by atoms with Gasteiger partial charge in [0.15, 0.2) is 0 Å². The third-order valence-corrected chi connectivity index (χ3v) is 5.27. The van der Waals surface area contributed by atoms with Crippen LogP contribution in [0.4, 0.5) is 5.69 Å². The van der Waals surface area contributed by atoms with Gasteiger partial charge in [-0.05, 0) is 42.9 Å². The molecule has 1 aromatic heterocycles. The first-order valence-electron chi connectivity index (χ1n) is 8.20. The van der Waals surface area contributed by atoms with Gasteiger partial charge in [-0.2, -0.15) is 0 Å². The lowest BCUT2D eigenvalue weighted by atomic mass is 9.82. The first-order valence-corrected chi connectivity index (χ1v) is 8.20. The van der Waals surface area contributed by atoms with E-state index in [-0.39, 0.29) is 17.7 Å². The summed E-state index contributed by atoms with van der Waals surface area (Å²) >= 11 is 0. The number of carbonyl (C=O) groups excluding carboxylic acids is 1. The quantitative estimate of drug-likeness (QED) is 0.662. The lowest BCUT2D eigenvalue weighted by Gasteiger charge is -2.23. The van der Waals surface area contributed by atoms with Crippen LogP contribution in [-0.2, 0) is 9.59 Å². The van der Waals surface area contributed by atoms with Gasteiger partial charge >= 0.3 is 11.6 Å². The van der Waals surface area contributed by atoms with Gasteiger partial charge in [0.25, 0.3) is 0 Å². The highest BCUT2D eigenvalue weighted by Crippen LogP contribution is 2.48. The number of aliphatic carboxylic acids is 1. The van der Waals surface area contributed by atoms with E-state index in [1.807, 2.05) is 19.1 Å². The number of allylic oxidation sites excluding steroid dienone is 2. The predicted octanol–water partition coefficient (Wildman–Crippen LogP) is 2.56. The lowest BCUT2D eigenvalue weighted by Crippen LogP contribution is -2.36. The summed E-state index contributed by atoms with van der Waals surface area (Å²) in [4.78, 5) is 35.8. The van der Waals surface area contributed by atoms with Crippen LogP contribution < -0.4 is 10.9 Å². The highest BCUT2D eigenvalue weighted by molar-refractivity contribution is 5.97. The fraction of sp³-hybridized carbons (Fsp3) is 0.316. The van der Waals surface area contributed by atoms with Crippen LogP contribution in [0.25, 0.3) is 11.0 Å². The average Bonchev–Trinajstić information content (AvgIpc) is 3.15. The molecule has 2 aromatic rings. The van der Waals surface area contributed by atoms with E-state index in [0.29, 0.717) is 17.7 Å². The number of aryl methyl sites for hydroxylation is 1. The SMILES string of the molecule is Cc1cc(=O)oc2cc(NC(=O)[C@H]3[C@@H](C(=O)O)[C@H]4C=C[C@H]3C4)ccc12. The topological polar surface area (TPSA) is 96.6 Å². The van der Waals surface area contributed by atoms with E-state index in [4.69, 9.17) is 4.42 Å². The van der Waals surface area contributed by atoms with Crippen molar-refractivity contribution in [2.75, 3.05) is 5.32 Å². The molecule has 1 heterocycles. The molecular weight excluding hydrogens is 322 g/mol. The molecule has 25 heavy (non-hydrogen) atoms. The summed E-state index contributed by atoms with van der Waals surface area (Å²) in [6.07, 6.45) is 4.55. The minimum absolute atomic E-state index is 0.0354. The number of nitrogens with one attached hydrogen (secondary N) is 1. The number of hydrogen-bond acceptors (Lipinski definition) is 4. The summed E-state index contributed by atoms with van der Waals surface area (Å²) in [7, 11) is 0. The molecule has 6 nitrogen and oxygen atoms in total. The predicted molar refractivity (Wildman–Crippen MR) is 91.2 cm³/mol. The molecule has 2 bridgehead atoms. The third-order valence-electron chi connectivity index (χ3n) is 5.27. The van der Waals surface area contributed by atoms with Gasteiger partial charge in [0.2, 0.25) is 5.91 Å². The molecule has 0 radical (unpaired) electrons. The molecule has 4 rings (SSSR count). The number of benzene rings is 1. The number of fused-ring (bicyclic) bond motifs is 3. The Kier molecular flexibility index (Phi) is 3.49. The van der Waals surface area contributed by atoms with Crippen molar-refractivity contribution < 1.29 is 19.1 Å². The Morgan fingerprint density at radius 1 is 1.16 bits per heavy atom. The monoisotopic (exact) mass is 339 g/mol. The second-order valence-electron chi connectivity index (χ2n) is 6.79. The number of carboxylic acids is 1. The average molecular weight is 339 g/mol. The summed E-state index contributed by atoms with van der Waals surface area (Å²) in [6, 6.07) is 6.52. The van der Waals surface area contributed by atoms with Gasteiger partial charge in [-0.3, -0.25) is 9.59 Å². The van der Waals surface area contributed by atoms with Crippen LogP contribution in [0, 0.1) is 30.6 Å². The molecule has 0 saturated heterocycles. The molecule has 0 unspecified atom stereocenters. The molecule has 1 saturated carbocycles. The van der Waals surface area contributed by atoms with Crippen LogP contribution in [-0.4, -0.2) is 17.0 Å². The van der Waals surface area contributed by atoms with Crippen LogP contribution in [0.2, 0.25) is 0 Å². The standard InChI is InChI=1S/C19H17NO5/c1-9-6-15(21)25-14-8-12(4-5-13(9)14)20-18(22)16-10-2-3-11(7-10)17(16)19(23)24/h2-6,8,10-11,16-17H,7H2,1H3,(H,20,22)(H,23,24)/t10-,11-,16+,17-/m0/s1. The maximum atomic E-state index is 12.7. The largest absolute Gasteiger partial charge is 0.481 e. The molecule has 1 aromatic carbocycles. The normalized spacial score (nSPS) is 26.9. The van der Waals surface area contributed by atoms with Gasteiger partial charge in [-0.25, -0.2) is 4.79 Å². The molecule has 2 aliphatic carbocycles. The van der Waals surface area contributed by atoms with Crippen molar-refractivity contribution in [3.8, 4) is 0 Å². The zero-order chi connectivity index (χ0) is 17.7. The Bertz CT molecular complexity index is 973. The Morgan fingerprint density at radius 2 is 1.88 bits per heavy atom. The van der Waals surface area contributed by atoms with E-state index >= 15 is 0 Å². The minimum Gasteiger partial charge on any atom is -0.481 e. The van der Waals surface area contributed by atoms with E-state index < -0.39 is 23.4 Å². The van der Waals surface area contributed by atoms with Crippen LogP contribution >= 0.6 is 0 Å². The van der Waals surface area contributed by atoms with Crippen molar-refractivity contribution in [2.45, 2.75) is 13.3 Å². The summed E-state index contributed by atoms with van der Waals surface area (Å²) < 4.78 is 5.19. The number of anilines is 1. The van der Waals surface area contributed by atoms with Crippen molar-refractivity contribution in [3.05, 3.63) is 52.4 Å². The highest BCUT2D eigenvalue weighted by Gasteiger charge is 2.51. The molecule has 6 heteroatoms. The van der Waals surface area contributed by atoms with E-state index in [0.717, 1.165) is 10.9 Å². The second-order valence-corrected chi connectivity index (χ2v) is 6.79. The van der Waals surface area contributed by atoms with Gasteiger partial charge < -0.3 is 14.8 Å². The summed E-state index contributed by atoms with van der Waals surface area (Å²) in [6.45, 7) is 1.82. The molecule has 128 valence electrons. The zero-order valence-electron chi connectivity index (χ0n) is 13.6. The third kappa shape index (κ3) is 2.54. The van der Waals surface area contributed by atoms with Gasteiger partial charge in [0.05, 0.1) is 11.8 Å². The van der Waals surface area contributed by atoms with Crippen molar-refractivity contribution in [1.29, 1.82) is 0 Å². The van der Waals surface area contributed by atoms with Crippen LogP contribution in [0.5, 0.6) is 0 Å². The Hall–Kier alpha value is -2.89. The Balaban J connectivity index is 1.63. The van der Waals surface area contributed by atoms with Crippen LogP contribution in [0.15, 0.2) is 45.6 Å². The van der Waals surface area contributed by atoms with Crippen molar-refractivity contribution in [1.82, 2.24) is 0 Å². The first-order chi connectivity index (χ1) is 11.9. The van der Waals surface area contributed by atoms with E-state index in [1.165, 1.54) is 6.07 Å². The maximum Gasteiger partial charge on any atom is 0.336 e. The molecule has 0 spiro atoms. The maximum absolute atomic E-state index is 12.7. The molecule has 1 fully saturated rings. The molecule has 2 aliphatic rings. The second kappa shape index (κ2) is 5.58. The number of hydrogen-bond donors (Lipinski definition) is 2. The van der Waals surface area contributed by atoms with Gasteiger partial charge in [-0.1, -0.05) is 12.2 Å². The first kappa shape index (κ1) is 15.6. The summed E-state index contributed by atoms with van der Waals surface area (Å²) in [5.41, 5.74) is 1.23. The fourth-order valence-electron chi connectivity index (χ4n) is 4.14. The van der Waals surface area contributed by atoms with Crippen molar-refractivity contribution >= 4 is 28.5 Å². The lowest BCUT2D eigenvalue weighted by molar-refractivity contribution is -0.146. The highest BCUT2D eigenvalue weighted by atomic mass is 16.4. The fourth-order valence-corrected chi connectivity index (χ4v) is 4.14. The van der Waals surface area contributed by atoms with Crippen LogP contribution in [0.3, 0.4) is 0 Å². The Morgan fingerprint density at radius 3 is 2.60 bits per heavy atom. The molecule has 0 aliphatic heterocycles. The van der Waals surface area contributed by atoms with Crippen molar-refractivity contribution in [3.63, 3.8) is 0 Å². The number of carbonyl (C=O) groups is 2. The number of carboxylic acid groups (broad SMARTS) is 1. The van der Waals surface area contributed by atoms with Crippen molar-refractivity contribution in [2.24, 2.45) is 23.7 Å². The summed E-state index contributed by atoms with van der Waals surface area (Å²) in [5, 5.41) is 13.0. The van der Waals surface area contributed by atoms with Gasteiger partial charge in [0, 0.05) is 23.2 Å². The number of amides is 1. The van der Waals surface area contributed by atoms with Crippen LogP contribution in [0.1, 0.15) is 12.0 Å². The van der Waals surface area contributed by atoms with E-state index in [1.54, 1.807) is 18.2 Å². The molecule has 1 amide bonds. The van der Waals surface area contributed by atoms with Gasteiger partial charge in [0.1, 0.15) is 5.58 Å². The Labute approximate surface area is 143 Å². The molecule has 2 N–H and O–H groups in total. The zero-order valence-corrected chi connectivity index (χ0v) is 13.6. The van der Waals surface area contributed by atoms with E-state index in [2.05, 4.69) is 5.32 Å². The minimum atomic E-state index is -0.933. The summed E-state index contributed by atoms with van der Waals surface area (Å²) in [5.74, 6) is -2.61. The number of rotatable bonds is 3. The van der Waals surface area contributed by atoms with E-state index in [9.17, 15) is 19.5 Å². The molecule has 4 atom stereocenters. The molecular formula is C19H17NO5. The smallest absolute Gasteiger partial charge is 0.336 e. The van der Waals surface area contributed by atoms with Gasteiger partial charge in [-0.15, -0.1) is 0 Å².